The van der Waals surface area contributed by atoms with Crippen molar-refractivity contribution in [3.05, 3.63) is 45.5 Å². The van der Waals surface area contributed by atoms with E-state index in [4.69, 9.17) is 5.26 Å². The molecule has 0 N–H and O–H groups in total. The zero-order valence-corrected chi connectivity index (χ0v) is 7.51. The van der Waals surface area contributed by atoms with Crippen LogP contribution in [0.5, 0.6) is 0 Å². The lowest BCUT2D eigenvalue weighted by molar-refractivity contribution is -0.384. The first-order valence-corrected chi connectivity index (χ1v) is 3.92. The Labute approximate surface area is 85.4 Å². The van der Waals surface area contributed by atoms with Crippen molar-refractivity contribution in [1.82, 2.24) is 0 Å². The van der Waals surface area contributed by atoms with Gasteiger partial charge in [0.1, 0.15) is 11.6 Å². The molecule has 0 bridgehead atoms. The van der Waals surface area contributed by atoms with Crippen LogP contribution in [0.15, 0.2) is 29.8 Å². The normalized spacial score (nSPS) is 10.5. The minimum atomic E-state index is -0.548. The highest BCUT2D eigenvalue weighted by atomic mass is 16.6. The van der Waals surface area contributed by atoms with Gasteiger partial charge in [0.05, 0.1) is 4.92 Å². The fourth-order valence-electron chi connectivity index (χ4n) is 0.979. The van der Waals surface area contributed by atoms with Crippen molar-refractivity contribution < 1.29 is 9.72 Å². The summed E-state index contributed by atoms with van der Waals surface area (Å²) in [4.78, 5) is 20.1. The molecule has 0 heterocycles. The molecule has 0 saturated heterocycles. The van der Waals surface area contributed by atoms with Crippen molar-refractivity contribution in [2.45, 2.75) is 0 Å². The molecule has 15 heavy (non-hydrogen) atoms. The first-order chi connectivity index (χ1) is 7.17. The number of benzene rings is 1. The Morgan fingerprint density at radius 2 is 2.27 bits per heavy atom. The molecule has 1 radical (unpaired) electrons. The van der Waals surface area contributed by atoms with Gasteiger partial charge in [-0.1, -0.05) is 12.1 Å². The highest BCUT2D eigenvalue weighted by Crippen LogP contribution is 2.14. The number of allylic oxidation sites excluding steroid dienone is 1. The van der Waals surface area contributed by atoms with E-state index in [2.05, 4.69) is 0 Å². The van der Waals surface area contributed by atoms with E-state index in [-0.39, 0.29) is 11.3 Å². The fraction of sp³-hybridized carbons (Fsp3) is 0. The number of nitro benzene ring substituents is 1. The molecular formula is C10H5N2O3. The van der Waals surface area contributed by atoms with Crippen LogP contribution in [0.2, 0.25) is 0 Å². The van der Waals surface area contributed by atoms with Crippen molar-refractivity contribution in [3.63, 3.8) is 0 Å². The van der Waals surface area contributed by atoms with Crippen LogP contribution in [0, 0.1) is 21.4 Å². The molecule has 0 aliphatic carbocycles. The molecule has 73 valence electrons. The van der Waals surface area contributed by atoms with Crippen LogP contribution in [-0.4, -0.2) is 11.2 Å². The summed E-state index contributed by atoms with van der Waals surface area (Å²) in [5.74, 6) is 0. The van der Waals surface area contributed by atoms with Gasteiger partial charge in [-0.25, -0.2) is 0 Å². The molecule has 1 rings (SSSR count). The van der Waals surface area contributed by atoms with Crippen LogP contribution >= 0.6 is 0 Å². The maximum atomic E-state index is 10.4. The van der Waals surface area contributed by atoms with E-state index in [1.807, 2.05) is 0 Å². The number of rotatable bonds is 3. The highest BCUT2D eigenvalue weighted by Gasteiger charge is 2.04. The van der Waals surface area contributed by atoms with Crippen LogP contribution in [0.4, 0.5) is 5.69 Å². The molecule has 5 nitrogen and oxygen atoms in total. The summed E-state index contributed by atoms with van der Waals surface area (Å²) < 4.78 is 0. The smallest absolute Gasteiger partial charge is 0.270 e. The topological polar surface area (TPSA) is 84.0 Å². The first kappa shape index (κ1) is 10.6. The monoisotopic (exact) mass is 201 g/mol. The number of nitriles is 1. The SMILES string of the molecule is N#CC([C]=O)=Cc1cccc([N+](=O)[O-])c1. The number of hydrogen-bond acceptors (Lipinski definition) is 4. The molecule has 5 heteroatoms. The van der Waals surface area contributed by atoms with Gasteiger partial charge in [-0.2, -0.15) is 5.26 Å². The lowest BCUT2D eigenvalue weighted by atomic mass is 10.1. The Hall–Kier alpha value is -2.48. The highest BCUT2D eigenvalue weighted by molar-refractivity contribution is 5.87. The van der Waals surface area contributed by atoms with Gasteiger partial charge in [-0.05, 0) is 11.6 Å². The lowest BCUT2D eigenvalue weighted by Gasteiger charge is -1.93. The average molecular weight is 201 g/mol. The predicted molar refractivity (Wildman–Crippen MR) is 52.4 cm³/mol. The van der Waals surface area contributed by atoms with E-state index < -0.39 is 4.92 Å². The van der Waals surface area contributed by atoms with Gasteiger partial charge in [-0.15, -0.1) is 0 Å². The van der Waals surface area contributed by atoms with E-state index in [0.717, 1.165) is 0 Å². The molecule has 0 fully saturated rings. The van der Waals surface area contributed by atoms with Gasteiger partial charge in [0.15, 0.2) is 0 Å². The quantitative estimate of drug-likeness (QED) is 0.322. The van der Waals surface area contributed by atoms with Crippen LogP contribution < -0.4 is 0 Å². The van der Waals surface area contributed by atoms with E-state index in [1.54, 1.807) is 12.1 Å². The fourth-order valence-corrected chi connectivity index (χ4v) is 0.979. The molecule has 0 aliphatic rings. The largest absolute Gasteiger partial charge is 0.284 e. The van der Waals surface area contributed by atoms with E-state index >= 15 is 0 Å². The predicted octanol–water partition coefficient (Wildman–Crippen LogP) is 1.61. The van der Waals surface area contributed by atoms with Crippen molar-refractivity contribution in [2.24, 2.45) is 0 Å². The summed E-state index contributed by atoms with van der Waals surface area (Å²) in [6.07, 6.45) is 2.67. The van der Waals surface area contributed by atoms with E-state index in [1.165, 1.54) is 30.6 Å². The zero-order valence-electron chi connectivity index (χ0n) is 7.51. The Morgan fingerprint density at radius 3 is 2.80 bits per heavy atom. The average Bonchev–Trinajstić information content (AvgIpc) is 2.26. The van der Waals surface area contributed by atoms with Crippen LogP contribution in [-0.2, 0) is 4.79 Å². The molecule has 1 aromatic rings. The third-order valence-corrected chi connectivity index (χ3v) is 1.62. The van der Waals surface area contributed by atoms with Gasteiger partial charge >= 0.3 is 0 Å². The molecule has 0 saturated carbocycles. The van der Waals surface area contributed by atoms with Gasteiger partial charge in [0, 0.05) is 12.1 Å². The summed E-state index contributed by atoms with van der Waals surface area (Å²) in [7, 11) is 0. The summed E-state index contributed by atoms with van der Waals surface area (Å²) in [5.41, 5.74) is 0.131. The number of carbonyl (C=O) groups excluding carboxylic acids is 1. The van der Waals surface area contributed by atoms with Crippen molar-refractivity contribution in [2.75, 3.05) is 0 Å². The number of nitro groups is 1. The van der Waals surface area contributed by atoms with E-state index in [9.17, 15) is 14.9 Å². The second-order valence-electron chi connectivity index (χ2n) is 2.62. The third kappa shape index (κ3) is 2.74. The Morgan fingerprint density at radius 1 is 1.53 bits per heavy atom. The number of non-ortho nitro benzene ring substituents is 1. The minimum absolute atomic E-state index is 0.0908. The van der Waals surface area contributed by atoms with Crippen molar-refractivity contribution in [1.29, 1.82) is 5.26 Å². The summed E-state index contributed by atoms with van der Waals surface area (Å²) >= 11 is 0. The summed E-state index contributed by atoms with van der Waals surface area (Å²) in [6, 6.07) is 7.25. The standard InChI is InChI=1S/C10H5N2O3/c11-6-9(7-13)4-8-2-1-3-10(5-8)12(14)15/h1-5H. The van der Waals surface area contributed by atoms with Gasteiger partial charge in [-0.3, -0.25) is 14.9 Å². The van der Waals surface area contributed by atoms with Gasteiger partial charge in [0.2, 0.25) is 6.29 Å². The van der Waals surface area contributed by atoms with Crippen LogP contribution in [0.1, 0.15) is 5.56 Å². The maximum Gasteiger partial charge on any atom is 0.270 e. The molecule has 0 aromatic heterocycles. The molecule has 0 spiro atoms. The maximum absolute atomic E-state index is 10.4. The Balaban J connectivity index is 3.12. The van der Waals surface area contributed by atoms with Crippen molar-refractivity contribution in [3.8, 4) is 6.07 Å². The van der Waals surface area contributed by atoms with Crippen LogP contribution in [0.3, 0.4) is 0 Å². The summed E-state index contributed by atoms with van der Waals surface area (Å²) in [5, 5.41) is 18.9. The first-order valence-electron chi connectivity index (χ1n) is 3.92. The van der Waals surface area contributed by atoms with E-state index in [0.29, 0.717) is 5.56 Å². The lowest BCUT2D eigenvalue weighted by Crippen LogP contribution is -1.88. The molecule has 1 aromatic carbocycles. The van der Waals surface area contributed by atoms with Crippen molar-refractivity contribution >= 4 is 18.0 Å². The molecular weight excluding hydrogens is 196 g/mol. The molecule has 0 amide bonds. The second-order valence-corrected chi connectivity index (χ2v) is 2.62. The molecule has 0 aliphatic heterocycles. The third-order valence-electron chi connectivity index (χ3n) is 1.62. The van der Waals surface area contributed by atoms with Crippen LogP contribution in [0.25, 0.3) is 6.08 Å². The minimum Gasteiger partial charge on any atom is -0.284 e. The zero-order chi connectivity index (χ0) is 11.3. The number of nitrogens with zero attached hydrogens (tertiary/aromatic N) is 2. The second kappa shape index (κ2) is 4.67. The Kier molecular flexibility index (Phi) is 3.30. The molecule has 0 unspecified atom stereocenters. The van der Waals surface area contributed by atoms with Gasteiger partial charge < -0.3 is 0 Å². The number of hydrogen-bond donors (Lipinski definition) is 0. The van der Waals surface area contributed by atoms with Gasteiger partial charge in [0.25, 0.3) is 5.69 Å². The Bertz CT molecular complexity index is 472. The molecule has 0 atom stereocenters. The summed E-state index contributed by atoms with van der Waals surface area (Å²) in [6.45, 7) is 0.